The SMILES string of the molecule is Cc1ccc(N=Cc2n[nH]nc2[Si](C)(C)C)c(C)c1. The van der Waals surface area contributed by atoms with Crippen molar-refractivity contribution in [2.75, 3.05) is 0 Å². The lowest BCUT2D eigenvalue weighted by atomic mass is 10.1. The van der Waals surface area contributed by atoms with Crippen LogP contribution in [-0.4, -0.2) is 29.7 Å². The predicted octanol–water partition coefficient (Wildman–Crippen LogP) is 2.72. The molecule has 1 heterocycles. The fourth-order valence-electron chi connectivity index (χ4n) is 1.96. The lowest BCUT2D eigenvalue weighted by Gasteiger charge is -2.11. The summed E-state index contributed by atoms with van der Waals surface area (Å²) in [6, 6.07) is 6.24. The van der Waals surface area contributed by atoms with Gasteiger partial charge in [0, 0.05) is 0 Å². The molecule has 0 radical (unpaired) electrons. The van der Waals surface area contributed by atoms with Gasteiger partial charge in [-0.25, -0.2) is 0 Å². The highest BCUT2D eigenvalue weighted by Crippen LogP contribution is 2.19. The van der Waals surface area contributed by atoms with E-state index in [0.29, 0.717) is 0 Å². The van der Waals surface area contributed by atoms with Crippen molar-refractivity contribution in [3.05, 3.63) is 35.0 Å². The van der Waals surface area contributed by atoms with Crippen LogP contribution in [0.1, 0.15) is 16.8 Å². The number of aromatic nitrogens is 3. The van der Waals surface area contributed by atoms with E-state index >= 15 is 0 Å². The highest BCUT2D eigenvalue weighted by atomic mass is 28.3. The van der Waals surface area contributed by atoms with Crippen LogP contribution in [0, 0.1) is 13.8 Å². The zero-order chi connectivity index (χ0) is 14.0. The number of aliphatic imine (C=N–C) groups is 1. The summed E-state index contributed by atoms with van der Waals surface area (Å²) in [5.74, 6) is 0. The van der Waals surface area contributed by atoms with E-state index in [9.17, 15) is 0 Å². The number of nitrogens with one attached hydrogen (secondary N) is 1. The van der Waals surface area contributed by atoms with Gasteiger partial charge in [-0.2, -0.15) is 15.4 Å². The Kier molecular flexibility index (Phi) is 3.66. The molecule has 4 nitrogen and oxygen atoms in total. The molecule has 0 bridgehead atoms. The molecular formula is C14H20N4Si. The molecule has 0 aliphatic rings. The number of hydrogen-bond acceptors (Lipinski definition) is 3. The third-order valence-electron chi connectivity index (χ3n) is 2.96. The van der Waals surface area contributed by atoms with Crippen LogP contribution in [0.5, 0.6) is 0 Å². The zero-order valence-electron chi connectivity index (χ0n) is 12.2. The van der Waals surface area contributed by atoms with E-state index in [2.05, 4.69) is 66.0 Å². The molecule has 0 atom stereocenters. The van der Waals surface area contributed by atoms with Gasteiger partial charge >= 0.3 is 0 Å². The molecule has 0 spiro atoms. The van der Waals surface area contributed by atoms with Gasteiger partial charge in [-0.1, -0.05) is 37.3 Å². The van der Waals surface area contributed by atoms with E-state index in [-0.39, 0.29) is 0 Å². The molecule has 2 aromatic rings. The summed E-state index contributed by atoms with van der Waals surface area (Å²) in [6.45, 7) is 10.9. The predicted molar refractivity (Wildman–Crippen MR) is 82.5 cm³/mol. The van der Waals surface area contributed by atoms with Crippen LogP contribution in [0.3, 0.4) is 0 Å². The Morgan fingerprint density at radius 3 is 2.53 bits per heavy atom. The maximum Gasteiger partial charge on any atom is 0.122 e. The molecule has 5 heteroatoms. The van der Waals surface area contributed by atoms with Gasteiger partial charge in [0.05, 0.1) is 17.2 Å². The average Bonchev–Trinajstić information content (AvgIpc) is 2.75. The number of H-pyrrole nitrogens is 1. The maximum absolute atomic E-state index is 4.54. The lowest BCUT2D eigenvalue weighted by molar-refractivity contribution is 0.942. The average molecular weight is 272 g/mol. The molecule has 0 amide bonds. The summed E-state index contributed by atoms with van der Waals surface area (Å²) in [7, 11) is -1.48. The molecule has 1 aromatic carbocycles. The normalized spacial score (nSPS) is 12.3. The molecular weight excluding hydrogens is 252 g/mol. The van der Waals surface area contributed by atoms with Crippen LogP contribution >= 0.6 is 0 Å². The first-order valence-electron chi connectivity index (χ1n) is 6.40. The third-order valence-corrected chi connectivity index (χ3v) is 4.75. The number of hydrogen-bond donors (Lipinski definition) is 1. The topological polar surface area (TPSA) is 53.9 Å². The van der Waals surface area contributed by atoms with Gasteiger partial charge in [-0.15, -0.1) is 0 Å². The van der Waals surface area contributed by atoms with E-state index < -0.39 is 8.07 Å². The quantitative estimate of drug-likeness (QED) is 0.690. The molecule has 2 rings (SSSR count). The molecule has 0 aliphatic carbocycles. The summed E-state index contributed by atoms with van der Waals surface area (Å²) in [4.78, 5) is 4.54. The summed E-state index contributed by atoms with van der Waals surface area (Å²) in [5.41, 5.74) is 4.27. The van der Waals surface area contributed by atoms with E-state index in [4.69, 9.17) is 0 Å². The molecule has 1 N–H and O–H groups in total. The number of nitrogens with zero attached hydrogens (tertiary/aromatic N) is 3. The van der Waals surface area contributed by atoms with Gasteiger partial charge in [0.1, 0.15) is 13.8 Å². The fourth-order valence-corrected chi connectivity index (χ4v) is 3.24. The largest absolute Gasteiger partial charge is 0.254 e. The second kappa shape index (κ2) is 5.09. The van der Waals surface area contributed by atoms with Gasteiger partial charge in [-0.3, -0.25) is 4.99 Å². The second-order valence-electron chi connectivity index (χ2n) is 5.86. The summed E-state index contributed by atoms with van der Waals surface area (Å²) < 4.78 is 0. The summed E-state index contributed by atoms with van der Waals surface area (Å²) in [5, 5.41) is 12.2. The number of aryl methyl sites for hydroxylation is 2. The Bertz CT molecular complexity index is 608. The van der Waals surface area contributed by atoms with Crippen molar-refractivity contribution in [1.82, 2.24) is 15.4 Å². The molecule has 0 fully saturated rings. The first-order valence-corrected chi connectivity index (χ1v) is 9.90. The zero-order valence-corrected chi connectivity index (χ0v) is 13.2. The Balaban J connectivity index is 2.31. The minimum atomic E-state index is -1.48. The fraction of sp³-hybridized carbons (Fsp3) is 0.357. The van der Waals surface area contributed by atoms with Gasteiger partial charge in [0.2, 0.25) is 0 Å². The van der Waals surface area contributed by atoms with Crippen LogP contribution in [0.2, 0.25) is 19.6 Å². The highest BCUT2D eigenvalue weighted by molar-refractivity contribution is 6.88. The van der Waals surface area contributed by atoms with Crippen molar-refractivity contribution in [3.8, 4) is 0 Å². The van der Waals surface area contributed by atoms with Crippen molar-refractivity contribution in [2.45, 2.75) is 33.5 Å². The lowest BCUT2D eigenvalue weighted by Crippen LogP contribution is -2.41. The summed E-state index contributed by atoms with van der Waals surface area (Å²) >= 11 is 0. The third kappa shape index (κ3) is 3.17. The van der Waals surface area contributed by atoms with Gasteiger partial charge in [0.15, 0.2) is 0 Å². The van der Waals surface area contributed by atoms with Crippen molar-refractivity contribution >= 4 is 25.3 Å². The Morgan fingerprint density at radius 1 is 1.16 bits per heavy atom. The minimum absolute atomic E-state index is 0.860. The number of rotatable bonds is 3. The van der Waals surface area contributed by atoms with Gasteiger partial charge < -0.3 is 0 Å². The van der Waals surface area contributed by atoms with Crippen molar-refractivity contribution in [1.29, 1.82) is 0 Å². The van der Waals surface area contributed by atoms with Crippen LogP contribution in [0.15, 0.2) is 23.2 Å². The van der Waals surface area contributed by atoms with Crippen LogP contribution in [-0.2, 0) is 0 Å². The van der Waals surface area contributed by atoms with Crippen LogP contribution < -0.4 is 5.32 Å². The smallest absolute Gasteiger partial charge is 0.122 e. The van der Waals surface area contributed by atoms with E-state index in [1.54, 1.807) is 0 Å². The first-order chi connectivity index (χ1) is 8.88. The van der Waals surface area contributed by atoms with Crippen LogP contribution in [0.4, 0.5) is 5.69 Å². The summed E-state index contributed by atoms with van der Waals surface area (Å²) in [6.07, 6.45) is 1.81. The standard InChI is InChI=1S/C14H20N4Si/c1-10-6-7-12(11(2)8-10)15-9-13-14(17-18-16-13)19(3,4)5/h6-9H,1-5H3,(H,16,17,18). The highest BCUT2D eigenvalue weighted by Gasteiger charge is 2.23. The molecule has 100 valence electrons. The van der Waals surface area contributed by atoms with Crippen molar-refractivity contribution < 1.29 is 0 Å². The maximum atomic E-state index is 4.54. The van der Waals surface area contributed by atoms with Crippen molar-refractivity contribution in [3.63, 3.8) is 0 Å². The molecule has 0 aliphatic heterocycles. The Labute approximate surface area is 115 Å². The molecule has 19 heavy (non-hydrogen) atoms. The van der Waals surface area contributed by atoms with Gasteiger partial charge in [-0.05, 0) is 25.5 Å². The van der Waals surface area contributed by atoms with E-state index in [1.807, 2.05) is 12.3 Å². The minimum Gasteiger partial charge on any atom is -0.254 e. The van der Waals surface area contributed by atoms with Gasteiger partial charge in [0.25, 0.3) is 0 Å². The Hall–Kier alpha value is -1.75. The van der Waals surface area contributed by atoms with E-state index in [1.165, 1.54) is 11.1 Å². The first kappa shape index (κ1) is 13.7. The van der Waals surface area contributed by atoms with E-state index in [0.717, 1.165) is 16.7 Å². The van der Waals surface area contributed by atoms with Crippen molar-refractivity contribution in [2.24, 2.45) is 4.99 Å². The Morgan fingerprint density at radius 2 is 1.89 bits per heavy atom. The molecule has 0 saturated heterocycles. The monoisotopic (exact) mass is 272 g/mol. The van der Waals surface area contributed by atoms with Crippen LogP contribution in [0.25, 0.3) is 0 Å². The number of aromatic amines is 1. The second-order valence-corrected chi connectivity index (χ2v) is 10.8. The molecule has 0 unspecified atom stereocenters. The molecule has 1 aromatic heterocycles. The number of benzene rings is 1. The molecule has 0 saturated carbocycles.